The van der Waals surface area contributed by atoms with E-state index in [1.807, 2.05) is 0 Å². The van der Waals surface area contributed by atoms with Gasteiger partial charge in [-0.05, 0) is 24.0 Å². The van der Waals surface area contributed by atoms with Crippen LogP contribution in [0, 0.1) is 11.8 Å². The van der Waals surface area contributed by atoms with Crippen molar-refractivity contribution in [1.82, 2.24) is 0 Å². The number of rotatable bonds is 5. The van der Waals surface area contributed by atoms with E-state index in [0.29, 0.717) is 0 Å². The average Bonchev–Trinajstić information content (AvgIpc) is 2.88. The molecule has 0 bridgehead atoms. The van der Waals surface area contributed by atoms with E-state index in [0.717, 1.165) is 36.8 Å². The van der Waals surface area contributed by atoms with Crippen LogP contribution in [0.5, 0.6) is 5.75 Å². The maximum atomic E-state index is 12.4. The Kier molecular flexibility index (Phi) is 11.5. The Morgan fingerprint density at radius 3 is 1.61 bits per heavy atom. The second kappa shape index (κ2) is 14.3. The minimum absolute atomic E-state index is 0.129. The predicted molar refractivity (Wildman–Crippen MR) is 133 cm³/mol. The minimum Gasteiger partial charge on any atom is -0.406 e. The van der Waals surface area contributed by atoms with Crippen molar-refractivity contribution < 1.29 is 17.9 Å². The van der Waals surface area contributed by atoms with Gasteiger partial charge in [-0.1, -0.05) is 139 Å². The summed E-state index contributed by atoms with van der Waals surface area (Å²) in [6, 6.07) is 6.46. The smallest absolute Gasteiger partial charge is 0.406 e. The van der Waals surface area contributed by atoms with E-state index in [9.17, 15) is 13.2 Å². The molecule has 1 aromatic rings. The zero-order valence-electron chi connectivity index (χ0n) is 20.5. The Balaban J connectivity index is 1.44. The topological polar surface area (TPSA) is 9.23 Å². The molecule has 0 N–H and O–H groups in total. The molecule has 2 aliphatic rings. The number of hydrogen-bond acceptors (Lipinski definition) is 1. The fraction of sp³-hybridized carbons (Fsp3) is 0.786. The largest absolute Gasteiger partial charge is 0.573 e. The molecule has 3 rings (SSSR count). The summed E-state index contributed by atoms with van der Waals surface area (Å²) in [6.45, 7) is 0. The highest BCUT2D eigenvalue weighted by Gasteiger charge is 2.31. The van der Waals surface area contributed by atoms with Gasteiger partial charge < -0.3 is 4.74 Å². The van der Waals surface area contributed by atoms with Crippen LogP contribution in [0.4, 0.5) is 13.2 Å². The van der Waals surface area contributed by atoms with Crippen molar-refractivity contribution in [2.75, 3.05) is 0 Å². The number of halogens is 3. The fourth-order valence-electron chi connectivity index (χ4n) is 6.27. The van der Waals surface area contributed by atoms with Crippen molar-refractivity contribution in [3.05, 3.63) is 29.8 Å². The normalized spacial score (nSPS) is 25.2. The molecule has 1 aromatic carbocycles. The molecule has 2 atom stereocenters. The Labute approximate surface area is 200 Å². The maximum Gasteiger partial charge on any atom is 0.573 e. The van der Waals surface area contributed by atoms with Crippen molar-refractivity contribution in [2.24, 2.45) is 11.8 Å². The first-order valence-electron chi connectivity index (χ1n) is 13.8. The summed E-state index contributed by atoms with van der Waals surface area (Å²) in [4.78, 5) is 0. The van der Waals surface area contributed by atoms with Gasteiger partial charge in [-0.25, -0.2) is 0 Å². The summed E-state index contributed by atoms with van der Waals surface area (Å²) in [5.74, 6) is 2.55. The van der Waals surface area contributed by atoms with Crippen LogP contribution in [0.1, 0.15) is 115 Å². The molecule has 33 heavy (non-hydrogen) atoms. The van der Waals surface area contributed by atoms with Crippen LogP contribution in [0.15, 0.2) is 24.3 Å². The van der Waals surface area contributed by atoms with E-state index >= 15 is 0 Å². The molecule has 0 aromatic heterocycles. The second-order valence-corrected chi connectivity index (χ2v) is 10.7. The first-order valence-corrected chi connectivity index (χ1v) is 13.8. The van der Waals surface area contributed by atoms with E-state index in [1.54, 1.807) is 12.1 Å². The second-order valence-electron chi connectivity index (χ2n) is 10.7. The van der Waals surface area contributed by atoms with E-state index in [4.69, 9.17) is 0 Å². The van der Waals surface area contributed by atoms with Crippen molar-refractivity contribution >= 4 is 7.28 Å². The monoisotopic (exact) mass is 464 g/mol. The van der Waals surface area contributed by atoms with E-state index in [-0.39, 0.29) is 5.75 Å². The Bertz CT molecular complexity index is 636. The van der Waals surface area contributed by atoms with Gasteiger partial charge in [0.2, 0.25) is 0 Å². The van der Waals surface area contributed by atoms with Crippen molar-refractivity contribution in [1.29, 1.82) is 0 Å². The van der Waals surface area contributed by atoms with Crippen molar-refractivity contribution in [3.8, 4) is 5.75 Å². The molecule has 1 nitrogen and oxygen atoms in total. The lowest BCUT2D eigenvalue weighted by Gasteiger charge is -2.27. The predicted octanol–water partition coefficient (Wildman–Crippen LogP) is 9.20. The van der Waals surface area contributed by atoms with Gasteiger partial charge in [-0.3, -0.25) is 0 Å². The molecule has 2 unspecified atom stereocenters. The van der Waals surface area contributed by atoms with Gasteiger partial charge in [0.05, 0.1) is 0 Å². The fourth-order valence-corrected chi connectivity index (χ4v) is 6.27. The summed E-state index contributed by atoms with van der Waals surface area (Å²) in [5, 5.41) is 0. The maximum absolute atomic E-state index is 12.4. The van der Waals surface area contributed by atoms with Gasteiger partial charge in [0, 0.05) is 0 Å². The van der Waals surface area contributed by atoms with Gasteiger partial charge in [-0.2, -0.15) is 0 Å². The van der Waals surface area contributed by atoms with Crippen LogP contribution in [0.25, 0.3) is 0 Å². The lowest BCUT2D eigenvalue weighted by Crippen LogP contribution is -2.17. The quantitative estimate of drug-likeness (QED) is 0.395. The molecule has 0 radical (unpaired) electrons. The third-order valence-electron chi connectivity index (χ3n) is 8.19. The van der Waals surface area contributed by atoms with Gasteiger partial charge in [-0.15, -0.1) is 13.2 Å². The van der Waals surface area contributed by atoms with Gasteiger partial charge in [0.25, 0.3) is 0 Å². The molecular formula is C28H44BF3O. The van der Waals surface area contributed by atoms with E-state index in [2.05, 4.69) is 4.74 Å². The zero-order valence-corrected chi connectivity index (χ0v) is 20.5. The molecule has 2 aliphatic carbocycles. The molecule has 0 spiro atoms. The van der Waals surface area contributed by atoms with Crippen LogP contribution in [0.2, 0.25) is 5.82 Å². The summed E-state index contributed by atoms with van der Waals surface area (Å²) >= 11 is 0. The molecule has 186 valence electrons. The molecule has 0 saturated heterocycles. The first kappa shape index (κ1) is 26.5. The minimum atomic E-state index is -4.62. The molecule has 0 amide bonds. The van der Waals surface area contributed by atoms with Gasteiger partial charge >= 0.3 is 6.36 Å². The van der Waals surface area contributed by atoms with Crippen LogP contribution < -0.4 is 4.74 Å². The molecule has 5 heteroatoms. The van der Waals surface area contributed by atoms with Crippen LogP contribution >= 0.6 is 0 Å². The first-order chi connectivity index (χ1) is 16.0. The van der Waals surface area contributed by atoms with E-state index < -0.39 is 6.36 Å². The number of alkyl halides is 3. The lowest BCUT2D eigenvalue weighted by molar-refractivity contribution is -0.274. The number of ether oxygens (including phenoxy) is 1. The summed E-state index contributed by atoms with van der Waals surface area (Å²) in [7, 11) is 1.14. The van der Waals surface area contributed by atoms with Gasteiger partial charge in [0.15, 0.2) is 0 Å². The Morgan fingerprint density at radius 2 is 1.06 bits per heavy atom. The lowest BCUT2D eigenvalue weighted by atomic mass is 9.57. The zero-order chi connectivity index (χ0) is 23.4. The number of benzene rings is 1. The molecule has 2 fully saturated rings. The molecule has 2 saturated carbocycles. The van der Waals surface area contributed by atoms with Crippen LogP contribution in [0.3, 0.4) is 0 Å². The highest BCUT2D eigenvalue weighted by atomic mass is 19.4. The highest BCUT2D eigenvalue weighted by Crippen LogP contribution is 2.36. The van der Waals surface area contributed by atoms with Crippen LogP contribution in [-0.4, -0.2) is 13.6 Å². The standard InChI is InChI=1S/C28H44BF3O/c30-28(31,32)33-27-20-18-23(19-21-27)22-29-26-16-9-5-8-14-25(15-10-11-17-26)24-12-6-3-1-2-4-7-13-24/h18-21,24-26,29H,1-17,22H2. The highest BCUT2D eigenvalue weighted by molar-refractivity contribution is 6.37. The SMILES string of the molecule is FC(F)(F)Oc1ccc(CBC2CCCCCC(C3CCCCCCCC3)CCCC2)cc1. The third-order valence-corrected chi connectivity index (χ3v) is 8.19. The number of hydrogen-bond donors (Lipinski definition) is 0. The molecule has 0 aliphatic heterocycles. The summed E-state index contributed by atoms with van der Waals surface area (Å²) in [5.41, 5.74) is 1.11. The summed E-state index contributed by atoms with van der Waals surface area (Å²) < 4.78 is 41.1. The Morgan fingerprint density at radius 1 is 0.636 bits per heavy atom. The van der Waals surface area contributed by atoms with Crippen LogP contribution in [-0.2, 0) is 6.32 Å². The van der Waals surface area contributed by atoms with Crippen molar-refractivity contribution in [2.45, 2.75) is 128 Å². The Hall–Kier alpha value is -1.13. The molecular weight excluding hydrogens is 420 g/mol. The molecule has 0 heterocycles. The van der Waals surface area contributed by atoms with E-state index in [1.165, 1.54) is 121 Å². The summed E-state index contributed by atoms with van der Waals surface area (Å²) in [6.07, 6.45) is 20.3. The van der Waals surface area contributed by atoms with Crippen molar-refractivity contribution in [3.63, 3.8) is 0 Å². The average molecular weight is 464 g/mol. The third kappa shape index (κ3) is 10.8. The van der Waals surface area contributed by atoms with Gasteiger partial charge in [0.1, 0.15) is 13.0 Å².